The SMILES string of the molecule is CCC(CC)(OC)c1noc(CCCN)n1. The predicted octanol–water partition coefficient (Wildman–Crippen LogP) is 1.62. The molecule has 0 aliphatic carbocycles. The van der Waals surface area contributed by atoms with E-state index in [0.29, 0.717) is 18.3 Å². The molecule has 0 aromatic carbocycles. The van der Waals surface area contributed by atoms with Crippen molar-refractivity contribution in [1.29, 1.82) is 0 Å². The fourth-order valence-corrected chi connectivity index (χ4v) is 1.74. The van der Waals surface area contributed by atoms with Gasteiger partial charge in [0.25, 0.3) is 0 Å². The van der Waals surface area contributed by atoms with Crippen LogP contribution in [-0.2, 0) is 16.8 Å². The van der Waals surface area contributed by atoms with E-state index in [9.17, 15) is 0 Å². The van der Waals surface area contributed by atoms with Crippen molar-refractivity contribution in [3.63, 3.8) is 0 Å². The monoisotopic (exact) mass is 227 g/mol. The molecule has 0 aliphatic heterocycles. The molecule has 16 heavy (non-hydrogen) atoms. The fraction of sp³-hybridized carbons (Fsp3) is 0.818. The summed E-state index contributed by atoms with van der Waals surface area (Å²) in [5.74, 6) is 1.29. The maximum absolute atomic E-state index is 5.53. The minimum absolute atomic E-state index is 0.412. The molecular formula is C11H21N3O2. The number of hydrogen-bond donors (Lipinski definition) is 1. The Morgan fingerprint density at radius 1 is 1.38 bits per heavy atom. The third-order valence-corrected chi connectivity index (χ3v) is 3.00. The van der Waals surface area contributed by atoms with Crippen LogP contribution >= 0.6 is 0 Å². The van der Waals surface area contributed by atoms with Crippen LogP contribution < -0.4 is 5.73 Å². The molecule has 0 bridgehead atoms. The first-order valence-corrected chi connectivity index (χ1v) is 5.80. The minimum Gasteiger partial charge on any atom is -0.370 e. The van der Waals surface area contributed by atoms with Gasteiger partial charge in [-0.15, -0.1) is 0 Å². The summed E-state index contributed by atoms with van der Waals surface area (Å²) in [6, 6.07) is 0. The van der Waals surface area contributed by atoms with Crippen LogP contribution in [0.25, 0.3) is 0 Å². The summed E-state index contributed by atoms with van der Waals surface area (Å²) < 4.78 is 10.7. The molecule has 1 heterocycles. The molecule has 1 rings (SSSR count). The molecule has 0 radical (unpaired) electrons. The zero-order valence-electron chi connectivity index (χ0n) is 10.3. The molecular weight excluding hydrogens is 206 g/mol. The molecule has 0 amide bonds. The van der Waals surface area contributed by atoms with Crippen LogP contribution in [-0.4, -0.2) is 23.8 Å². The van der Waals surface area contributed by atoms with Crippen LogP contribution in [0.4, 0.5) is 0 Å². The first-order valence-electron chi connectivity index (χ1n) is 5.80. The van der Waals surface area contributed by atoms with Crippen LogP contribution in [0.2, 0.25) is 0 Å². The molecule has 1 aromatic rings. The first-order chi connectivity index (χ1) is 7.72. The van der Waals surface area contributed by atoms with Gasteiger partial charge in [-0.2, -0.15) is 4.98 Å². The van der Waals surface area contributed by atoms with Gasteiger partial charge in [0, 0.05) is 13.5 Å². The van der Waals surface area contributed by atoms with Crippen molar-refractivity contribution in [3.05, 3.63) is 11.7 Å². The molecule has 0 aliphatic rings. The van der Waals surface area contributed by atoms with Crippen molar-refractivity contribution in [3.8, 4) is 0 Å². The summed E-state index contributed by atoms with van der Waals surface area (Å²) in [7, 11) is 1.68. The van der Waals surface area contributed by atoms with E-state index in [0.717, 1.165) is 25.7 Å². The van der Waals surface area contributed by atoms with Crippen LogP contribution in [0.3, 0.4) is 0 Å². The molecule has 2 N–H and O–H groups in total. The molecule has 0 saturated carbocycles. The number of rotatable bonds is 7. The molecule has 92 valence electrons. The summed E-state index contributed by atoms with van der Waals surface area (Å²) >= 11 is 0. The zero-order valence-corrected chi connectivity index (χ0v) is 10.3. The summed E-state index contributed by atoms with van der Waals surface area (Å²) in [4.78, 5) is 4.37. The van der Waals surface area contributed by atoms with Crippen LogP contribution in [0, 0.1) is 0 Å². The van der Waals surface area contributed by atoms with E-state index >= 15 is 0 Å². The Balaban J connectivity index is 2.81. The highest BCUT2D eigenvalue weighted by Gasteiger charge is 2.33. The van der Waals surface area contributed by atoms with Gasteiger partial charge >= 0.3 is 0 Å². The van der Waals surface area contributed by atoms with Gasteiger partial charge in [-0.05, 0) is 25.8 Å². The summed E-state index contributed by atoms with van der Waals surface area (Å²) in [6.07, 6.45) is 3.25. The van der Waals surface area contributed by atoms with E-state index in [1.807, 2.05) is 0 Å². The lowest BCUT2D eigenvalue weighted by atomic mass is 9.96. The molecule has 5 heteroatoms. The molecule has 0 atom stereocenters. The van der Waals surface area contributed by atoms with Gasteiger partial charge in [0.1, 0.15) is 5.60 Å². The van der Waals surface area contributed by atoms with E-state index in [-0.39, 0.29) is 0 Å². The second-order valence-corrected chi connectivity index (χ2v) is 3.81. The molecule has 1 aromatic heterocycles. The van der Waals surface area contributed by atoms with Gasteiger partial charge < -0.3 is 15.0 Å². The second-order valence-electron chi connectivity index (χ2n) is 3.81. The van der Waals surface area contributed by atoms with Crippen molar-refractivity contribution >= 4 is 0 Å². The number of aromatic nitrogens is 2. The Morgan fingerprint density at radius 3 is 2.56 bits per heavy atom. The maximum Gasteiger partial charge on any atom is 0.226 e. The third-order valence-electron chi connectivity index (χ3n) is 3.00. The lowest BCUT2D eigenvalue weighted by Gasteiger charge is -2.25. The van der Waals surface area contributed by atoms with Gasteiger partial charge in [-0.3, -0.25) is 0 Å². The van der Waals surface area contributed by atoms with Gasteiger partial charge in [-0.25, -0.2) is 0 Å². The number of hydrogen-bond acceptors (Lipinski definition) is 5. The minimum atomic E-state index is -0.412. The van der Waals surface area contributed by atoms with Crippen LogP contribution in [0.5, 0.6) is 0 Å². The van der Waals surface area contributed by atoms with E-state index in [1.165, 1.54) is 0 Å². The van der Waals surface area contributed by atoms with Gasteiger partial charge in [0.05, 0.1) is 0 Å². The fourth-order valence-electron chi connectivity index (χ4n) is 1.74. The standard InChI is InChI=1S/C11H21N3O2/c1-4-11(5-2,15-3)10-13-9(16-14-10)7-6-8-12/h4-8,12H2,1-3H3. The normalized spacial score (nSPS) is 12.0. The molecule has 5 nitrogen and oxygen atoms in total. The maximum atomic E-state index is 5.53. The summed E-state index contributed by atoms with van der Waals surface area (Å²) in [6.45, 7) is 4.75. The lowest BCUT2D eigenvalue weighted by molar-refractivity contribution is -0.0306. The van der Waals surface area contributed by atoms with Crippen molar-refractivity contribution in [1.82, 2.24) is 10.1 Å². The molecule has 0 spiro atoms. The van der Waals surface area contributed by atoms with Crippen molar-refractivity contribution < 1.29 is 9.26 Å². The number of ether oxygens (including phenoxy) is 1. The Hall–Kier alpha value is -0.940. The largest absolute Gasteiger partial charge is 0.370 e. The number of methoxy groups -OCH3 is 1. The number of nitrogens with two attached hydrogens (primary N) is 1. The molecule has 0 saturated heterocycles. The molecule has 0 fully saturated rings. The van der Waals surface area contributed by atoms with Gasteiger partial charge in [0.15, 0.2) is 0 Å². The smallest absolute Gasteiger partial charge is 0.226 e. The predicted molar refractivity (Wildman–Crippen MR) is 60.9 cm³/mol. The van der Waals surface area contributed by atoms with Gasteiger partial charge in [0.2, 0.25) is 11.7 Å². The second kappa shape index (κ2) is 5.96. The Labute approximate surface area is 96.4 Å². The van der Waals surface area contributed by atoms with Crippen molar-refractivity contribution in [2.24, 2.45) is 5.73 Å². The Kier molecular flexibility index (Phi) is 4.89. The number of aryl methyl sites for hydroxylation is 1. The topological polar surface area (TPSA) is 74.2 Å². The van der Waals surface area contributed by atoms with Gasteiger partial charge in [-0.1, -0.05) is 19.0 Å². The van der Waals surface area contributed by atoms with Crippen LogP contribution in [0.1, 0.15) is 44.8 Å². The van der Waals surface area contributed by atoms with E-state index in [1.54, 1.807) is 7.11 Å². The lowest BCUT2D eigenvalue weighted by Crippen LogP contribution is -2.28. The van der Waals surface area contributed by atoms with Crippen molar-refractivity contribution in [2.45, 2.75) is 45.1 Å². The summed E-state index contributed by atoms with van der Waals surface area (Å²) in [5, 5.41) is 4.00. The quantitative estimate of drug-likeness (QED) is 0.766. The zero-order chi connectivity index (χ0) is 12.0. The first kappa shape index (κ1) is 13.1. The average molecular weight is 227 g/mol. The highest BCUT2D eigenvalue weighted by Crippen LogP contribution is 2.29. The van der Waals surface area contributed by atoms with E-state index < -0.39 is 5.60 Å². The highest BCUT2D eigenvalue weighted by molar-refractivity contribution is 5.00. The van der Waals surface area contributed by atoms with Crippen molar-refractivity contribution in [2.75, 3.05) is 13.7 Å². The highest BCUT2D eigenvalue weighted by atomic mass is 16.5. The summed E-state index contributed by atoms with van der Waals surface area (Å²) in [5.41, 5.74) is 5.02. The Bertz CT molecular complexity index is 300. The Morgan fingerprint density at radius 2 is 2.06 bits per heavy atom. The molecule has 0 unspecified atom stereocenters. The van der Waals surface area contributed by atoms with E-state index in [4.69, 9.17) is 15.0 Å². The average Bonchev–Trinajstić information content (AvgIpc) is 2.79. The third kappa shape index (κ3) is 2.59. The number of nitrogens with zero attached hydrogens (tertiary/aromatic N) is 2. The van der Waals surface area contributed by atoms with E-state index in [2.05, 4.69) is 24.0 Å². The van der Waals surface area contributed by atoms with Crippen LogP contribution in [0.15, 0.2) is 4.52 Å².